The van der Waals surface area contributed by atoms with Crippen molar-refractivity contribution < 1.29 is 4.74 Å². The van der Waals surface area contributed by atoms with E-state index in [0.717, 1.165) is 26.2 Å². The highest BCUT2D eigenvalue weighted by Crippen LogP contribution is 2.32. The molecule has 1 heterocycles. The van der Waals surface area contributed by atoms with Crippen molar-refractivity contribution in [3.8, 4) is 0 Å². The van der Waals surface area contributed by atoms with Crippen molar-refractivity contribution in [2.75, 3.05) is 19.8 Å². The molecule has 0 saturated carbocycles. The molecule has 0 spiro atoms. The van der Waals surface area contributed by atoms with Crippen molar-refractivity contribution in [3.05, 3.63) is 34.4 Å². The van der Waals surface area contributed by atoms with Crippen molar-refractivity contribution in [1.29, 1.82) is 0 Å². The van der Waals surface area contributed by atoms with Crippen LogP contribution in [0.1, 0.15) is 22.3 Å². The van der Waals surface area contributed by atoms with Gasteiger partial charge in [-0.3, -0.25) is 0 Å². The van der Waals surface area contributed by atoms with Crippen LogP contribution < -0.4 is 5.73 Å². The molecule has 0 atom stereocenters. The van der Waals surface area contributed by atoms with Gasteiger partial charge >= 0.3 is 0 Å². The zero-order chi connectivity index (χ0) is 11.8. The van der Waals surface area contributed by atoms with Gasteiger partial charge in [0, 0.05) is 12.0 Å². The largest absolute Gasteiger partial charge is 0.380 e. The lowest BCUT2D eigenvalue weighted by molar-refractivity contribution is -0.106. The summed E-state index contributed by atoms with van der Waals surface area (Å²) in [4.78, 5) is 0. The molecule has 1 fully saturated rings. The summed E-state index contributed by atoms with van der Waals surface area (Å²) < 4.78 is 5.32. The van der Waals surface area contributed by atoms with E-state index in [2.05, 4.69) is 32.9 Å². The minimum Gasteiger partial charge on any atom is -0.380 e. The molecule has 1 saturated heterocycles. The molecule has 2 rings (SSSR count). The minimum atomic E-state index is 0.201. The Morgan fingerprint density at radius 1 is 1.19 bits per heavy atom. The van der Waals surface area contributed by atoms with Crippen molar-refractivity contribution in [3.63, 3.8) is 0 Å². The Kier molecular flexibility index (Phi) is 3.04. The second-order valence-corrected chi connectivity index (χ2v) is 5.17. The van der Waals surface area contributed by atoms with Gasteiger partial charge in [0.25, 0.3) is 0 Å². The van der Waals surface area contributed by atoms with E-state index in [1.807, 2.05) is 0 Å². The predicted molar refractivity (Wildman–Crippen MR) is 66.7 cm³/mol. The number of benzene rings is 1. The van der Waals surface area contributed by atoms with Gasteiger partial charge in [0.2, 0.25) is 0 Å². The molecule has 2 heteroatoms. The fraction of sp³-hybridized carbons (Fsp3) is 0.571. The Balaban J connectivity index is 2.25. The normalized spacial score (nSPS) is 18.2. The number of nitrogens with two attached hydrogens (primary N) is 1. The van der Waals surface area contributed by atoms with E-state index >= 15 is 0 Å². The number of aryl methyl sites for hydroxylation is 1. The first kappa shape index (κ1) is 11.6. The summed E-state index contributed by atoms with van der Waals surface area (Å²) in [5, 5.41) is 0. The number of rotatable bonds is 3. The summed E-state index contributed by atoms with van der Waals surface area (Å²) in [6.07, 6.45) is 1.05. The van der Waals surface area contributed by atoms with Gasteiger partial charge in [-0.1, -0.05) is 12.1 Å². The SMILES string of the molecule is Cc1ccc(CC2(CN)COC2)c(C)c1C. The van der Waals surface area contributed by atoms with Gasteiger partial charge in [0.15, 0.2) is 0 Å². The van der Waals surface area contributed by atoms with E-state index in [0.29, 0.717) is 0 Å². The van der Waals surface area contributed by atoms with Crippen molar-refractivity contribution in [2.24, 2.45) is 11.1 Å². The van der Waals surface area contributed by atoms with E-state index in [1.165, 1.54) is 22.3 Å². The number of ether oxygens (including phenoxy) is 1. The second-order valence-electron chi connectivity index (χ2n) is 5.17. The van der Waals surface area contributed by atoms with Crippen LogP contribution in [-0.2, 0) is 11.2 Å². The lowest BCUT2D eigenvalue weighted by Gasteiger charge is -2.41. The molecule has 1 aliphatic rings. The van der Waals surface area contributed by atoms with Crippen molar-refractivity contribution >= 4 is 0 Å². The summed E-state index contributed by atoms with van der Waals surface area (Å²) in [6, 6.07) is 4.45. The van der Waals surface area contributed by atoms with Gasteiger partial charge in [-0.15, -0.1) is 0 Å². The van der Waals surface area contributed by atoms with Gasteiger partial charge in [-0.05, 0) is 49.4 Å². The maximum Gasteiger partial charge on any atom is 0.0560 e. The highest BCUT2D eigenvalue weighted by molar-refractivity contribution is 5.39. The first-order chi connectivity index (χ1) is 7.58. The summed E-state index contributed by atoms with van der Waals surface area (Å²) >= 11 is 0. The Hall–Kier alpha value is -0.860. The monoisotopic (exact) mass is 219 g/mol. The Bertz CT molecular complexity index is 388. The van der Waals surface area contributed by atoms with Crippen molar-refractivity contribution in [2.45, 2.75) is 27.2 Å². The average Bonchev–Trinajstić information content (AvgIpc) is 2.23. The lowest BCUT2D eigenvalue weighted by atomic mass is 9.78. The summed E-state index contributed by atoms with van der Waals surface area (Å²) in [7, 11) is 0. The van der Waals surface area contributed by atoms with Crippen LogP contribution in [0.2, 0.25) is 0 Å². The molecular formula is C14H21NO. The van der Waals surface area contributed by atoms with Crippen LogP contribution in [0.5, 0.6) is 0 Å². The maximum absolute atomic E-state index is 5.85. The molecule has 0 bridgehead atoms. The number of hydrogen-bond acceptors (Lipinski definition) is 2. The molecule has 2 nitrogen and oxygen atoms in total. The van der Waals surface area contributed by atoms with Crippen LogP contribution >= 0.6 is 0 Å². The van der Waals surface area contributed by atoms with Gasteiger partial charge < -0.3 is 10.5 Å². The molecule has 1 aliphatic heterocycles. The van der Waals surface area contributed by atoms with Crippen LogP contribution in [0.25, 0.3) is 0 Å². The molecule has 1 aromatic carbocycles. The summed E-state index contributed by atoms with van der Waals surface area (Å²) in [5.41, 5.74) is 11.7. The minimum absolute atomic E-state index is 0.201. The third-order valence-corrected chi connectivity index (χ3v) is 3.99. The molecule has 0 aromatic heterocycles. The quantitative estimate of drug-likeness (QED) is 0.845. The first-order valence-electron chi connectivity index (χ1n) is 5.91. The van der Waals surface area contributed by atoms with E-state index in [-0.39, 0.29) is 5.41 Å². The average molecular weight is 219 g/mol. The highest BCUT2D eigenvalue weighted by Gasteiger charge is 2.37. The number of hydrogen-bond donors (Lipinski definition) is 1. The van der Waals surface area contributed by atoms with E-state index < -0.39 is 0 Å². The van der Waals surface area contributed by atoms with E-state index in [9.17, 15) is 0 Å². The fourth-order valence-electron chi connectivity index (χ4n) is 2.29. The van der Waals surface area contributed by atoms with Gasteiger partial charge in [-0.25, -0.2) is 0 Å². The zero-order valence-electron chi connectivity index (χ0n) is 10.5. The standard InChI is InChI=1S/C14H21NO/c1-10-4-5-13(12(3)11(10)2)6-14(7-15)8-16-9-14/h4-5H,6-9,15H2,1-3H3. The molecule has 0 amide bonds. The van der Waals surface area contributed by atoms with Crippen molar-refractivity contribution in [1.82, 2.24) is 0 Å². The molecule has 16 heavy (non-hydrogen) atoms. The van der Waals surface area contributed by atoms with Crippen LogP contribution in [0, 0.1) is 26.2 Å². The molecular weight excluding hydrogens is 198 g/mol. The van der Waals surface area contributed by atoms with E-state index in [4.69, 9.17) is 10.5 Å². The Morgan fingerprint density at radius 3 is 2.38 bits per heavy atom. The fourth-order valence-corrected chi connectivity index (χ4v) is 2.29. The van der Waals surface area contributed by atoms with Crippen LogP contribution in [0.4, 0.5) is 0 Å². The second kappa shape index (κ2) is 4.19. The molecule has 1 aromatic rings. The maximum atomic E-state index is 5.85. The molecule has 0 radical (unpaired) electrons. The topological polar surface area (TPSA) is 35.2 Å². The molecule has 0 unspecified atom stereocenters. The molecule has 0 aliphatic carbocycles. The smallest absolute Gasteiger partial charge is 0.0560 e. The summed E-state index contributed by atoms with van der Waals surface area (Å²) in [5.74, 6) is 0. The first-order valence-corrected chi connectivity index (χ1v) is 5.91. The van der Waals surface area contributed by atoms with E-state index in [1.54, 1.807) is 0 Å². The van der Waals surface area contributed by atoms with Gasteiger partial charge in [-0.2, -0.15) is 0 Å². The zero-order valence-corrected chi connectivity index (χ0v) is 10.5. The predicted octanol–water partition coefficient (Wildman–Crippen LogP) is 2.13. The van der Waals surface area contributed by atoms with Gasteiger partial charge in [0.05, 0.1) is 13.2 Å². The highest BCUT2D eigenvalue weighted by atomic mass is 16.5. The third-order valence-electron chi connectivity index (χ3n) is 3.99. The Labute approximate surface area is 97.8 Å². The van der Waals surface area contributed by atoms with Crippen LogP contribution in [0.3, 0.4) is 0 Å². The van der Waals surface area contributed by atoms with Crippen LogP contribution in [0.15, 0.2) is 12.1 Å². The van der Waals surface area contributed by atoms with Crippen LogP contribution in [-0.4, -0.2) is 19.8 Å². The lowest BCUT2D eigenvalue weighted by Crippen LogP contribution is -2.49. The molecule has 2 N–H and O–H groups in total. The third kappa shape index (κ3) is 1.87. The Morgan fingerprint density at radius 2 is 1.88 bits per heavy atom. The molecule has 88 valence electrons. The summed E-state index contributed by atoms with van der Waals surface area (Å²) in [6.45, 7) is 8.92. The van der Waals surface area contributed by atoms with Gasteiger partial charge in [0.1, 0.15) is 0 Å².